The van der Waals surface area contributed by atoms with E-state index in [-0.39, 0.29) is 17.4 Å². The summed E-state index contributed by atoms with van der Waals surface area (Å²) in [6.45, 7) is 3.86. The fourth-order valence-corrected chi connectivity index (χ4v) is 4.01. The van der Waals surface area contributed by atoms with Gasteiger partial charge in [0.25, 0.3) is 0 Å². The number of amides is 2. The minimum Gasteiger partial charge on any atom is -0.350 e. The molecule has 142 valence electrons. The molecule has 2 fully saturated rings. The minimum absolute atomic E-state index is 0.0924. The third-order valence-corrected chi connectivity index (χ3v) is 5.78. The molecule has 1 saturated heterocycles. The maximum Gasteiger partial charge on any atom is 0.222 e. The van der Waals surface area contributed by atoms with E-state index in [0.717, 1.165) is 37.9 Å². The Morgan fingerprint density at radius 2 is 2.04 bits per heavy atom. The predicted molar refractivity (Wildman–Crippen MR) is 104 cm³/mol. The highest BCUT2D eigenvalue weighted by Gasteiger charge is 2.38. The SMILES string of the molecule is CCCN(CC1CC1)C(=O)CC[C@]1(Cc2ccc(Cl)cc2)CCC(=O)N1. The van der Waals surface area contributed by atoms with Crippen LogP contribution in [0, 0.1) is 5.92 Å². The molecular formula is C21H29ClN2O2. The maximum atomic E-state index is 12.8. The average molecular weight is 377 g/mol. The zero-order valence-electron chi connectivity index (χ0n) is 15.6. The molecule has 5 heteroatoms. The monoisotopic (exact) mass is 376 g/mol. The molecule has 0 radical (unpaired) electrons. The molecular weight excluding hydrogens is 348 g/mol. The van der Waals surface area contributed by atoms with Gasteiger partial charge in [0.2, 0.25) is 11.8 Å². The van der Waals surface area contributed by atoms with E-state index < -0.39 is 0 Å². The van der Waals surface area contributed by atoms with Gasteiger partial charge in [-0.1, -0.05) is 30.7 Å². The molecule has 2 aliphatic rings. The number of rotatable bonds is 9. The van der Waals surface area contributed by atoms with Crippen LogP contribution in [0.2, 0.25) is 5.02 Å². The van der Waals surface area contributed by atoms with E-state index in [0.29, 0.717) is 30.2 Å². The first-order valence-electron chi connectivity index (χ1n) is 9.83. The number of carbonyl (C=O) groups is 2. The van der Waals surface area contributed by atoms with Crippen LogP contribution < -0.4 is 5.32 Å². The number of halogens is 1. The fraction of sp³-hybridized carbons (Fsp3) is 0.619. The Morgan fingerprint density at radius 3 is 2.62 bits per heavy atom. The van der Waals surface area contributed by atoms with Crippen LogP contribution in [0.4, 0.5) is 0 Å². The number of nitrogens with zero attached hydrogens (tertiary/aromatic N) is 1. The van der Waals surface area contributed by atoms with Crippen molar-refractivity contribution < 1.29 is 9.59 Å². The molecule has 0 aromatic heterocycles. The summed E-state index contributed by atoms with van der Waals surface area (Å²) in [7, 11) is 0. The summed E-state index contributed by atoms with van der Waals surface area (Å²) in [6.07, 6.45) is 6.78. The van der Waals surface area contributed by atoms with Crippen LogP contribution in [-0.2, 0) is 16.0 Å². The highest BCUT2D eigenvalue weighted by Crippen LogP contribution is 2.32. The molecule has 3 rings (SSSR count). The summed E-state index contributed by atoms with van der Waals surface area (Å²) in [4.78, 5) is 26.7. The van der Waals surface area contributed by atoms with Crippen molar-refractivity contribution in [1.82, 2.24) is 10.2 Å². The van der Waals surface area contributed by atoms with Crippen molar-refractivity contribution in [1.29, 1.82) is 0 Å². The van der Waals surface area contributed by atoms with Crippen LogP contribution in [0.3, 0.4) is 0 Å². The Hall–Kier alpha value is -1.55. The summed E-state index contributed by atoms with van der Waals surface area (Å²) in [5.41, 5.74) is 0.838. The van der Waals surface area contributed by atoms with Crippen molar-refractivity contribution in [3.63, 3.8) is 0 Å². The lowest BCUT2D eigenvalue weighted by Crippen LogP contribution is -2.45. The molecule has 1 aliphatic carbocycles. The predicted octanol–water partition coefficient (Wildman–Crippen LogP) is 3.96. The maximum absolute atomic E-state index is 12.8. The molecule has 1 saturated carbocycles. The lowest BCUT2D eigenvalue weighted by molar-refractivity contribution is -0.132. The Bertz CT molecular complexity index is 642. The fourth-order valence-electron chi connectivity index (χ4n) is 3.88. The summed E-state index contributed by atoms with van der Waals surface area (Å²) in [6, 6.07) is 7.77. The van der Waals surface area contributed by atoms with Gasteiger partial charge >= 0.3 is 0 Å². The summed E-state index contributed by atoms with van der Waals surface area (Å²) in [5, 5.41) is 3.88. The van der Waals surface area contributed by atoms with Crippen molar-refractivity contribution in [3.05, 3.63) is 34.9 Å². The molecule has 26 heavy (non-hydrogen) atoms. The van der Waals surface area contributed by atoms with E-state index in [9.17, 15) is 9.59 Å². The second-order valence-corrected chi connectivity index (χ2v) is 8.35. The molecule has 1 heterocycles. The van der Waals surface area contributed by atoms with E-state index in [1.807, 2.05) is 29.2 Å². The molecule has 1 atom stereocenters. The van der Waals surface area contributed by atoms with Gasteiger partial charge in [-0.2, -0.15) is 0 Å². The molecule has 0 spiro atoms. The van der Waals surface area contributed by atoms with Crippen LogP contribution in [0.25, 0.3) is 0 Å². The molecule has 1 aromatic rings. The van der Waals surface area contributed by atoms with Crippen molar-refractivity contribution >= 4 is 23.4 Å². The summed E-state index contributed by atoms with van der Waals surface area (Å²) >= 11 is 5.98. The summed E-state index contributed by atoms with van der Waals surface area (Å²) in [5.74, 6) is 1.03. The van der Waals surface area contributed by atoms with E-state index in [2.05, 4.69) is 12.2 Å². The van der Waals surface area contributed by atoms with Crippen LogP contribution in [0.1, 0.15) is 57.4 Å². The Kier molecular flexibility index (Phi) is 6.23. The van der Waals surface area contributed by atoms with Gasteiger partial charge in [-0.25, -0.2) is 0 Å². The second-order valence-electron chi connectivity index (χ2n) is 7.91. The molecule has 1 N–H and O–H groups in total. The first-order valence-corrected chi connectivity index (χ1v) is 10.2. The van der Waals surface area contributed by atoms with Gasteiger partial charge < -0.3 is 10.2 Å². The zero-order chi connectivity index (χ0) is 18.6. The third kappa shape index (κ3) is 5.23. The first-order chi connectivity index (χ1) is 12.5. The van der Waals surface area contributed by atoms with Crippen molar-refractivity contribution in [3.8, 4) is 0 Å². The van der Waals surface area contributed by atoms with E-state index in [1.54, 1.807) is 0 Å². The van der Waals surface area contributed by atoms with Gasteiger partial charge in [0.05, 0.1) is 0 Å². The molecule has 1 aliphatic heterocycles. The quantitative estimate of drug-likeness (QED) is 0.709. The van der Waals surface area contributed by atoms with Gasteiger partial charge in [0.15, 0.2) is 0 Å². The Labute approximate surface area is 161 Å². The lowest BCUT2D eigenvalue weighted by Gasteiger charge is -2.31. The minimum atomic E-state index is -0.308. The van der Waals surface area contributed by atoms with E-state index >= 15 is 0 Å². The number of benzene rings is 1. The molecule has 1 aromatic carbocycles. The zero-order valence-corrected chi connectivity index (χ0v) is 16.4. The van der Waals surface area contributed by atoms with Gasteiger partial charge in [-0.05, 0) is 62.1 Å². The Morgan fingerprint density at radius 1 is 1.31 bits per heavy atom. The third-order valence-electron chi connectivity index (χ3n) is 5.53. The molecule has 0 bridgehead atoms. The number of hydrogen-bond acceptors (Lipinski definition) is 2. The largest absolute Gasteiger partial charge is 0.350 e. The topological polar surface area (TPSA) is 49.4 Å². The van der Waals surface area contributed by atoms with Crippen molar-refractivity contribution in [2.75, 3.05) is 13.1 Å². The highest BCUT2D eigenvalue weighted by atomic mass is 35.5. The van der Waals surface area contributed by atoms with Crippen LogP contribution in [0.15, 0.2) is 24.3 Å². The van der Waals surface area contributed by atoms with Gasteiger partial charge in [0, 0.05) is 36.5 Å². The first kappa shape index (κ1) is 19.2. The molecule has 4 nitrogen and oxygen atoms in total. The smallest absolute Gasteiger partial charge is 0.222 e. The van der Waals surface area contributed by atoms with Gasteiger partial charge in [-0.3, -0.25) is 9.59 Å². The van der Waals surface area contributed by atoms with Crippen molar-refractivity contribution in [2.45, 2.75) is 63.8 Å². The van der Waals surface area contributed by atoms with Crippen LogP contribution in [0.5, 0.6) is 0 Å². The highest BCUT2D eigenvalue weighted by molar-refractivity contribution is 6.30. The van der Waals surface area contributed by atoms with Gasteiger partial charge in [0.1, 0.15) is 0 Å². The number of nitrogens with one attached hydrogen (secondary N) is 1. The number of hydrogen-bond donors (Lipinski definition) is 1. The van der Waals surface area contributed by atoms with Gasteiger partial charge in [-0.15, -0.1) is 0 Å². The van der Waals surface area contributed by atoms with Crippen molar-refractivity contribution in [2.24, 2.45) is 5.92 Å². The molecule has 0 unspecified atom stereocenters. The number of carbonyl (C=O) groups excluding carboxylic acids is 2. The van der Waals surface area contributed by atoms with Crippen LogP contribution >= 0.6 is 11.6 Å². The normalized spacial score (nSPS) is 22.3. The standard InChI is InChI=1S/C21H29ClN2O2/c1-2-13-24(15-17-3-4-17)20(26)10-12-21(11-9-19(25)23-21)14-16-5-7-18(22)8-6-16/h5-8,17H,2-4,9-15H2,1H3,(H,23,25)/t21-/m0/s1. The van der Waals surface area contributed by atoms with E-state index in [4.69, 9.17) is 11.6 Å². The lowest BCUT2D eigenvalue weighted by atomic mass is 9.85. The Balaban J connectivity index is 1.63. The second kappa shape index (κ2) is 8.43. The van der Waals surface area contributed by atoms with Crippen LogP contribution in [-0.4, -0.2) is 35.3 Å². The molecule has 2 amide bonds. The average Bonchev–Trinajstić information content (AvgIpc) is 3.37. The summed E-state index contributed by atoms with van der Waals surface area (Å²) < 4.78 is 0. The van der Waals surface area contributed by atoms with E-state index in [1.165, 1.54) is 12.8 Å².